The summed E-state index contributed by atoms with van der Waals surface area (Å²) in [7, 11) is 3.27. The van der Waals surface area contributed by atoms with E-state index in [2.05, 4.69) is 0 Å². The van der Waals surface area contributed by atoms with Crippen LogP contribution in [0.4, 0.5) is 10.1 Å². The minimum absolute atomic E-state index is 0.00995. The molecule has 1 aliphatic rings. The van der Waals surface area contributed by atoms with Crippen LogP contribution in [0.2, 0.25) is 0 Å². The Morgan fingerprint density at radius 3 is 2.56 bits per heavy atom. The van der Waals surface area contributed by atoms with Crippen molar-refractivity contribution in [3.8, 4) is 12.1 Å². The number of halogens is 1. The van der Waals surface area contributed by atoms with Crippen molar-refractivity contribution in [3.05, 3.63) is 51.9 Å². The number of nitrogens with zero attached hydrogens (tertiary/aromatic N) is 3. The van der Waals surface area contributed by atoms with Gasteiger partial charge in [-0.25, -0.2) is 9.18 Å². The van der Waals surface area contributed by atoms with Gasteiger partial charge in [-0.1, -0.05) is 0 Å². The maximum Gasteiger partial charge on any atom is 0.338 e. The van der Waals surface area contributed by atoms with Crippen molar-refractivity contribution in [2.24, 2.45) is 5.73 Å². The van der Waals surface area contributed by atoms with E-state index in [-0.39, 0.29) is 46.2 Å². The molecular weight excluding hydrogens is 351 g/mol. The van der Waals surface area contributed by atoms with Crippen molar-refractivity contribution in [2.75, 3.05) is 25.6 Å². The minimum Gasteiger partial charge on any atom is -0.463 e. The molecule has 0 bridgehead atoms. The number of esters is 1. The summed E-state index contributed by atoms with van der Waals surface area (Å²) >= 11 is 0. The monoisotopic (exact) mass is 370 g/mol. The van der Waals surface area contributed by atoms with Crippen molar-refractivity contribution in [1.29, 1.82) is 10.5 Å². The minimum atomic E-state index is -1.16. The molecule has 0 saturated heterocycles. The van der Waals surface area contributed by atoms with Crippen molar-refractivity contribution in [3.63, 3.8) is 0 Å². The average Bonchev–Trinajstić information content (AvgIpc) is 2.60. The van der Waals surface area contributed by atoms with Gasteiger partial charge in [0.2, 0.25) is 5.88 Å². The molecule has 1 aromatic rings. The van der Waals surface area contributed by atoms with Gasteiger partial charge >= 0.3 is 5.97 Å². The Bertz CT molecular complexity index is 935. The summed E-state index contributed by atoms with van der Waals surface area (Å²) in [5.41, 5.74) is 6.12. The molecule has 0 radical (unpaired) electrons. The number of rotatable bonds is 4. The number of allylic oxidation sites excluding steroid dienone is 2. The highest BCUT2D eigenvalue weighted by atomic mass is 19.1. The molecule has 1 aromatic carbocycles. The predicted molar refractivity (Wildman–Crippen MR) is 95.4 cm³/mol. The summed E-state index contributed by atoms with van der Waals surface area (Å²) in [4.78, 5) is 14.1. The van der Waals surface area contributed by atoms with Crippen LogP contribution in [-0.2, 0) is 14.3 Å². The van der Waals surface area contributed by atoms with E-state index in [1.165, 1.54) is 13.0 Å². The Morgan fingerprint density at radius 2 is 2.04 bits per heavy atom. The van der Waals surface area contributed by atoms with Gasteiger partial charge in [0.15, 0.2) is 0 Å². The quantitative estimate of drug-likeness (QED) is 0.810. The van der Waals surface area contributed by atoms with E-state index in [1.54, 1.807) is 25.9 Å². The number of hydrogen-bond donors (Lipinski definition) is 1. The fraction of sp³-hybridized carbons (Fsp3) is 0.316. The number of nitriles is 2. The first-order valence-corrected chi connectivity index (χ1v) is 8.13. The van der Waals surface area contributed by atoms with Gasteiger partial charge < -0.3 is 20.1 Å². The average molecular weight is 370 g/mol. The lowest BCUT2D eigenvalue weighted by Crippen LogP contribution is -2.28. The molecule has 1 heterocycles. The van der Waals surface area contributed by atoms with Gasteiger partial charge in [-0.05, 0) is 26.0 Å². The largest absolute Gasteiger partial charge is 0.463 e. The highest BCUT2D eigenvalue weighted by Crippen LogP contribution is 2.44. The Labute approximate surface area is 156 Å². The highest BCUT2D eigenvalue weighted by molar-refractivity contribution is 5.93. The molecule has 0 fully saturated rings. The fourth-order valence-electron chi connectivity index (χ4n) is 3.07. The molecule has 140 valence electrons. The molecule has 0 saturated carbocycles. The smallest absolute Gasteiger partial charge is 0.338 e. The molecule has 0 aromatic heterocycles. The van der Waals surface area contributed by atoms with Crippen LogP contribution in [0.25, 0.3) is 0 Å². The molecule has 8 heteroatoms. The Balaban J connectivity index is 2.90. The van der Waals surface area contributed by atoms with Gasteiger partial charge in [0.05, 0.1) is 29.3 Å². The second-order valence-electron chi connectivity index (χ2n) is 5.98. The van der Waals surface area contributed by atoms with Crippen LogP contribution in [0.5, 0.6) is 0 Å². The second kappa shape index (κ2) is 7.79. The molecular formula is C19H19FN4O3. The first-order chi connectivity index (χ1) is 12.8. The Morgan fingerprint density at radius 1 is 1.37 bits per heavy atom. The number of hydrogen-bond acceptors (Lipinski definition) is 7. The maximum absolute atomic E-state index is 15.0. The summed E-state index contributed by atoms with van der Waals surface area (Å²) in [5, 5.41) is 19.1. The van der Waals surface area contributed by atoms with Crippen LogP contribution in [0.15, 0.2) is 34.9 Å². The number of carbonyl (C=O) groups excluding carboxylic acids is 1. The lowest BCUT2D eigenvalue weighted by molar-refractivity contribution is -0.139. The highest BCUT2D eigenvalue weighted by Gasteiger charge is 2.40. The molecule has 2 rings (SSSR count). The zero-order chi connectivity index (χ0) is 20.3. The first-order valence-electron chi connectivity index (χ1n) is 8.13. The number of nitrogens with two attached hydrogens (primary N) is 1. The van der Waals surface area contributed by atoms with Crippen LogP contribution in [0, 0.1) is 28.5 Å². The number of carbonyl (C=O) groups is 1. The molecule has 1 atom stereocenters. The molecule has 2 N–H and O–H groups in total. The summed E-state index contributed by atoms with van der Waals surface area (Å²) in [5.74, 6) is -2.69. The van der Waals surface area contributed by atoms with E-state index < -0.39 is 17.7 Å². The Kier molecular flexibility index (Phi) is 5.72. The number of ether oxygens (including phenoxy) is 2. The summed E-state index contributed by atoms with van der Waals surface area (Å²) in [6, 6.07) is 6.37. The third-order valence-electron chi connectivity index (χ3n) is 4.12. The lowest BCUT2D eigenvalue weighted by Gasteiger charge is -2.30. The van der Waals surface area contributed by atoms with Crippen LogP contribution in [-0.4, -0.2) is 26.7 Å². The SMILES string of the molecule is CCOC(=O)C1=C(C)OC(N)=C(C#N)C1c1c(F)ccc(C#N)c1N(C)C. The van der Waals surface area contributed by atoms with E-state index >= 15 is 0 Å². The zero-order valence-corrected chi connectivity index (χ0v) is 15.5. The van der Waals surface area contributed by atoms with E-state index in [4.69, 9.17) is 15.2 Å². The normalized spacial score (nSPS) is 16.3. The van der Waals surface area contributed by atoms with Gasteiger partial charge in [-0.2, -0.15) is 10.5 Å². The van der Waals surface area contributed by atoms with E-state index in [9.17, 15) is 19.7 Å². The van der Waals surface area contributed by atoms with Crippen molar-refractivity contribution >= 4 is 11.7 Å². The molecule has 1 aliphatic heterocycles. The lowest BCUT2D eigenvalue weighted by atomic mass is 9.81. The van der Waals surface area contributed by atoms with Crippen molar-refractivity contribution in [1.82, 2.24) is 0 Å². The molecule has 0 spiro atoms. The van der Waals surface area contributed by atoms with E-state index in [1.807, 2.05) is 12.1 Å². The molecule has 7 nitrogen and oxygen atoms in total. The van der Waals surface area contributed by atoms with Gasteiger partial charge in [-0.15, -0.1) is 0 Å². The summed E-state index contributed by atoms with van der Waals surface area (Å²) < 4.78 is 25.4. The second-order valence-corrected chi connectivity index (χ2v) is 5.98. The maximum atomic E-state index is 15.0. The van der Waals surface area contributed by atoms with Crippen LogP contribution < -0.4 is 10.6 Å². The summed E-state index contributed by atoms with van der Waals surface area (Å²) in [6.07, 6.45) is 0. The van der Waals surface area contributed by atoms with Crippen LogP contribution >= 0.6 is 0 Å². The van der Waals surface area contributed by atoms with E-state index in [0.717, 1.165) is 6.07 Å². The van der Waals surface area contributed by atoms with E-state index in [0.29, 0.717) is 0 Å². The standard InChI is InChI=1S/C19H19FN4O3/c1-5-26-19(25)14-10(2)27-18(23)12(9-22)15(14)16-13(20)7-6-11(8-21)17(16)24(3)4/h6-7,15H,5,23H2,1-4H3. The number of benzene rings is 1. The van der Waals surface area contributed by atoms with Crippen molar-refractivity contribution < 1.29 is 18.7 Å². The van der Waals surface area contributed by atoms with Crippen molar-refractivity contribution in [2.45, 2.75) is 19.8 Å². The molecule has 0 aliphatic carbocycles. The zero-order valence-electron chi connectivity index (χ0n) is 15.5. The number of anilines is 1. The van der Waals surface area contributed by atoms with Gasteiger partial charge in [0.25, 0.3) is 0 Å². The summed E-state index contributed by atoms with van der Waals surface area (Å²) in [6.45, 7) is 3.20. The van der Waals surface area contributed by atoms with Gasteiger partial charge in [0, 0.05) is 19.7 Å². The first kappa shape index (κ1) is 19.8. The Hall–Kier alpha value is -3.52. The van der Waals surface area contributed by atoms with Gasteiger partial charge in [0.1, 0.15) is 29.3 Å². The molecule has 1 unspecified atom stereocenters. The van der Waals surface area contributed by atoms with Crippen LogP contribution in [0.3, 0.4) is 0 Å². The molecule has 0 amide bonds. The van der Waals surface area contributed by atoms with Crippen LogP contribution in [0.1, 0.15) is 30.9 Å². The van der Waals surface area contributed by atoms with Gasteiger partial charge in [-0.3, -0.25) is 0 Å². The third kappa shape index (κ3) is 3.42. The third-order valence-corrected chi connectivity index (χ3v) is 4.12. The predicted octanol–water partition coefficient (Wildman–Crippen LogP) is 2.41. The fourth-order valence-corrected chi connectivity index (χ4v) is 3.07. The topological polar surface area (TPSA) is 112 Å². The molecule has 27 heavy (non-hydrogen) atoms.